The van der Waals surface area contributed by atoms with E-state index in [1.165, 1.54) is 0 Å². The van der Waals surface area contributed by atoms with Gasteiger partial charge in [0.2, 0.25) is 5.78 Å². The lowest BCUT2D eigenvalue weighted by Gasteiger charge is -2.32. The number of aromatic amines is 1. The largest absolute Gasteiger partial charge is 0.338 e. The van der Waals surface area contributed by atoms with E-state index in [-0.39, 0.29) is 28.7 Å². The van der Waals surface area contributed by atoms with Crippen molar-refractivity contribution < 1.29 is 9.59 Å². The van der Waals surface area contributed by atoms with Gasteiger partial charge in [0.15, 0.2) is 5.82 Å². The van der Waals surface area contributed by atoms with Crippen LogP contribution in [-0.2, 0) is 19.9 Å². The number of carbonyl (C=O) groups is 2. The minimum absolute atomic E-state index is 0.0423. The number of H-pyrrole nitrogens is 1. The predicted molar refractivity (Wildman–Crippen MR) is 99.9 cm³/mol. The molecule has 0 aromatic carbocycles. The molecule has 0 radical (unpaired) electrons. The molecule has 1 fully saturated rings. The number of imidazole rings is 1. The number of piperidine rings is 1. The Morgan fingerprint density at radius 3 is 2.81 bits per heavy atom. The highest BCUT2D eigenvalue weighted by molar-refractivity contribution is 5.97. The number of amides is 1. The third-order valence-corrected chi connectivity index (χ3v) is 5.69. The average Bonchev–Trinajstić information content (AvgIpc) is 3.12. The summed E-state index contributed by atoms with van der Waals surface area (Å²) in [6.07, 6.45) is 8.73. The van der Waals surface area contributed by atoms with E-state index in [0.717, 1.165) is 49.8 Å². The van der Waals surface area contributed by atoms with Crippen molar-refractivity contribution in [2.75, 3.05) is 13.1 Å². The van der Waals surface area contributed by atoms with Crippen molar-refractivity contribution in [1.82, 2.24) is 19.4 Å². The fourth-order valence-corrected chi connectivity index (χ4v) is 4.17. The van der Waals surface area contributed by atoms with Gasteiger partial charge in [-0.2, -0.15) is 0 Å². The summed E-state index contributed by atoms with van der Waals surface area (Å²) >= 11 is 0. The Morgan fingerprint density at radius 2 is 2.04 bits per heavy atom. The Hall–Kier alpha value is -2.70. The van der Waals surface area contributed by atoms with Gasteiger partial charge in [0, 0.05) is 44.1 Å². The van der Waals surface area contributed by atoms with Crippen molar-refractivity contribution in [3.05, 3.63) is 51.5 Å². The van der Waals surface area contributed by atoms with Gasteiger partial charge in [0.05, 0.1) is 0 Å². The maximum Gasteiger partial charge on any atom is 0.261 e. The lowest BCUT2D eigenvalue weighted by atomic mass is 9.92. The molecule has 142 valence electrons. The van der Waals surface area contributed by atoms with Crippen LogP contribution in [0.4, 0.5) is 0 Å². The zero-order valence-electron chi connectivity index (χ0n) is 15.5. The fourth-order valence-electron chi connectivity index (χ4n) is 4.17. The van der Waals surface area contributed by atoms with Crippen LogP contribution < -0.4 is 5.56 Å². The molecule has 1 amide bonds. The number of Topliss-reactive ketones (excluding diaryl/α,β-unsaturated/α-hetero) is 1. The third-order valence-electron chi connectivity index (χ3n) is 5.69. The summed E-state index contributed by atoms with van der Waals surface area (Å²) in [6.45, 7) is 0.904. The number of rotatable bonds is 3. The molecule has 1 N–H and O–H groups in total. The molecule has 2 aliphatic rings. The van der Waals surface area contributed by atoms with E-state index < -0.39 is 0 Å². The van der Waals surface area contributed by atoms with Crippen LogP contribution in [-0.4, -0.2) is 44.2 Å². The van der Waals surface area contributed by atoms with Crippen molar-refractivity contribution in [1.29, 1.82) is 0 Å². The monoisotopic (exact) mass is 368 g/mol. The Labute approximate surface area is 157 Å². The summed E-state index contributed by atoms with van der Waals surface area (Å²) in [5.74, 6) is -0.178. The number of nitrogens with zero attached hydrogens (tertiary/aromatic N) is 3. The Morgan fingerprint density at radius 1 is 1.22 bits per heavy atom. The molecule has 27 heavy (non-hydrogen) atoms. The molecule has 1 aliphatic heterocycles. The van der Waals surface area contributed by atoms with E-state index in [1.807, 2.05) is 0 Å². The lowest BCUT2D eigenvalue weighted by molar-refractivity contribution is 0.0631. The first-order valence-corrected chi connectivity index (χ1v) is 9.60. The van der Waals surface area contributed by atoms with E-state index in [9.17, 15) is 14.4 Å². The van der Waals surface area contributed by atoms with Gasteiger partial charge in [-0.05, 0) is 50.2 Å². The van der Waals surface area contributed by atoms with Crippen molar-refractivity contribution >= 4 is 11.7 Å². The van der Waals surface area contributed by atoms with Crippen LogP contribution in [0.15, 0.2) is 23.3 Å². The van der Waals surface area contributed by atoms with Crippen LogP contribution in [0.1, 0.15) is 57.9 Å². The zero-order valence-corrected chi connectivity index (χ0v) is 15.5. The molecule has 0 bridgehead atoms. The second kappa shape index (κ2) is 7.13. The van der Waals surface area contributed by atoms with E-state index >= 15 is 0 Å². The van der Waals surface area contributed by atoms with Gasteiger partial charge in [0.1, 0.15) is 5.56 Å². The number of fused-ring (bicyclic) bond motifs is 1. The first-order valence-electron chi connectivity index (χ1n) is 9.60. The number of aryl methyl sites for hydroxylation is 3. The molecular weight excluding hydrogens is 344 g/mol. The summed E-state index contributed by atoms with van der Waals surface area (Å²) < 4.78 is 1.71. The zero-order chi connectivity index (χ0) is 19.0. The fraction of sp³-hybridized carbons (Fsp3) is 0.500. The number of pyridine rings is 1. The number of aromatic nitrogens is 3. The molecule has 4 rings (SSSR count). The van der Waals surface area contributed by atoms with Gasteiger partial charge in [-0.25, -0.2) is 4.98 Å². The number of hydrogen-bond donors (Lipinski definition) is 1. The molecule has 1 aliphatic carbocycles. The summed E-state index contributed by atoms with van der Waals surface area (Å²) in [5.41, 5.74) is 1.91. The van der Waals surface area contributed by atoms with Crippen molar-refractivity contribution in [2.24, 2.45) is 13.0 Å². The molecule has 7 heteroatoms. The second-order valence-corrected chi connectivity index (χ2v) is 7.54. The van der Waals surface area contributed by atoms with E-state index in [0.29, 0.717) is 18.9 Å². The minimum atomic E-state index is -0.321. The maximum absolute atomic E-state index is 13.0. The van der Waals surface area contributed by atoms with Crippen LogP contribution in [0, 0.1) is 5.92 Å². The van der Waals surface area contributed by atoms with E-state index in [4.69, 9.17) is 0 Å². The van der Waals surface area contributed by atoms with Gasteiger partial charge in [-0.3, -0.25) is 14.4 Å². The first-order chi connectivity index (χ1) is 13.0. The highest BCUT2D eigenvalue weighted by Gasteiger charge is 2.32. The standard InChI is InChI=1S/C20H24N4O3/c1-23-10-8-21-18(23)17(25)14-6-4-9-24(12-14)20(27)15-11-13-5-2-3-7-16(13)22-19(15)26/h8,10-11,14H,2-7,9,12H2,1H3,(H,22,26). The SMILES string of the molecule is Cn1ccnc1C(=O)C1CCCN(C(=O)c2cc3c([nH]c2=O)CCCC3)C1. The number of ketones is 1. The second-order valence-electron chi connectivity index (χ2n) is 7.54. The molecule has 2 aromatic rings. The van der Waals surface area contributed by atoms with E-state index in [2.05, 4.69) is 9.97 Å². The number of hydrogen-bond acceptors (Lipinski definition) is 4. The van der Waals surface area contributed by atoms with Gasteiger partial charge in [-0.15, -0.1) is 0 Å². The van der Waals surface area contributed by atoms with Crippen molar-refractivity contribution in [2.45, 2.75) is 38.5 Å². The number of nitrogens with one attached hydrogen (secondary N) is 1. The van der Waals surface area contributed by atoms with Gasteiger partial charge in [-0.1, -0.05) is 0 Å². The van der Waals surface area contributed by atoms with Crippen LogP contribution in [0.25, 0.3) is 0 Å². The van der Waals surface area contributed by atoms with Crippen molar-refractivity contribution in [3.63, 3.8) is 0 Å². The summed E-state index contributed by atoms with van der Waals surface area (Å²) in [6, 6.07) is 1.76. The Balaban J connectivity index is 1.55. The number of likely N-dealkylation sites (tertiary alicyclic amines) is 1. The Kier molecular flexibility index (Phi) is 4.68. The van der Waals surface area contributed by atoms with Crippen LogP contribution >= 0.6 is 0 Å². The minimum Gasteiger partial charge on any atom is -0.338 e. The third kappa shape index (κ3) is 3.34. The molecular formula is C20H24N4O3. The Bertz CT molecular complexity index is 943. The highest BCUT2D eigenvalue weighted by Crippen LogP contribution is 2.23. The molecule has 1 atom stereocenters. The average molecular weight is 368 g/mol. The van der Waals surface area contributed by atoms with Gasteiger partial charge in [0.25, 0.3) is 11.5 Å². The molecule has 7 nitrogen and oxygen atoms in total. The number of carbonyl (C=O) groups excluding carboxylic acids is 2. The van der Waals surface area contributed by atoms with Crippen LogP contribution in [0.5, 0.6) is 0 Å². The normalized spacial score (nSPS) is 19.6. The first kappa shape index (κ1) is 17.7. The molecule has 1 unspecified atom stereocenters. The highest BCUT2D eigenvalue weighted by atomic mass is 16.2. The molecule has 2 aromatic heterocycles. The summed E-state index contributed by atoms with van der Waals surface area (Å²) in [4.78, 5) is 46.9. The topological polar surface area (TPSA) is 88.1 Å². The molecule has 0 saturated carbocycles. The summed E-state index contributed by atoms with van der Waals surface area (Å²) in [7, 11) is 1.79. The molecule has 0 spiro atoms. The molecule has 1 saturated heterocycles. The maximum atomic E-state index is 13.0. The van der Waals surface area contributed by atoms with Gasteiger partial charge < -0.3 is 14.5 Å². The smallest absolute Gasteiger partial charge is 0.261 e. The van der Waals surface area contributed by atoms with Gasteiger partial charge >= 0.3 is 0 Å². The van der Waals surface area contributed by atoms with Crippen molar-refractivity contribution in [3.8, 4) is 0 Å². The van der Waals surface area contributed by atoms with Crippen LogP contribution in [0.2, 0.25) is 0 Å². The predicted octanol–water partition coefficient (Wildman–Crippen LogP) is 1.72. The van der Waals surface area contributed by atoms with E-state index in [1.54, 1.807) is 35.0 Å². The van der Waals surface area contributed by atoms with Crippen LogP contribution in [0.3, 0.4) is 0 Å². The lowest BCUT2D eigenvalue weighted by Crippen LogP contribution is -2.44. The molecule has 3 heterocycles. The quantitative estimate of drug-likeness (QED) is 0.836. The summed E-state index contributed by atoms with van der Waals surface area (Å²) in [5, 5.41) is 0.